The summed E-state index contributed by atoms with van der Waals surface area (Å²) in [4.78, 5) is 0.226. The molecule has 0 saturated heterocycles. The standard InChI is InChI=1S/C17H21NO3S/c1-12-5-6-15(11-13(12)2)14(3)18-22(19,20)17-9-7-16(21-4)8-10-17/h5-11,14,18H,1-4H3. The summed E-state index contributed by atoms with van der Waals surface area (Å²) in [5.41, 5.74) is 3.28. The van der Waals surface area contributed by atoms with E-state index in [9.17, 15) is 8.42 Å². The SMILES string of the molecule is COc1ccc(S(=O)(=O)NC(C)c2ccc(C)c(C)c2)cc1. The molecule has 118 valence electrons. The molecule has 0 saturated carbocycles. The Labute approximate surface area is 132 Å². The monoisotopic (exact) mass is 319 g/mol. The highest BCUT2D eigenvalue weighted by molar-refractivity contribution is 7.89. The molecule has 1 N–H and O–H groups in total. The highest BCUT2D eigenvalue weighted by atomic mass is 32.2. The average molecular weight is 319 g/mol. The van der Waals surface area contributed by atoms with Crippen LogP contribution in [0, 0.1) is 13.8 Å². The van der Waals surface area contributed by atoms with Crippen LogP contribution in [0.2, 0.25) is 0 Å². The van der Waals surface area contributed by atoms with E-state index in [0.29, 0.717) is 5.75 Å². The van der Waals surface area contributed by atoms with Crippen LogP contribution in [0.25, 0.3) is 0 Å². The molecule has 0 aliphatic heterocycles. The molecule has 4 nitrogen and oxygen atoms in total. The fraction of sp³-hybridized carbons (Fsp3) is 0.294. The van der Waals surface area contributed by atoms with E-state index >= 15 is 0 Å². The molecule has 0 spiro atoms. The van der Waals surface area contributed by atoms with Gasteiger partial charge in [-0.3, -0.25) is 0 Å². The van der Waals surface area contributed by atoms with Gasteiger partial charge in [0.2, 0.25) is 10.0 Å². The Morgan fingerprint density at radius 1 is 1.00 bits per heavy atom. The van der Waals surface area contributed by atoms with Crippen LogP contribution in [0.3, 0.4) is 0 Å². The van der Waals surface area contributed by atoms with Crippen molar-refractivity contribution in [3.8, 4) is 5.75 Å². The Morgan fingerprint density at radius 3 is 2.18 bits per heavy atom. The average Bonchev–Trinajstić information content (AvgIpc) is 2.49. The Balaban J connectivity index is 2.21. The van der Waals surface area contributed by atoms with E-state index in [1.807, 2.05) is 39.0 Å². The maximum absolute atomic E-state index is 12.4. The predicted molar refractivity (Wildman–Crippen MR) is 87.6 cm³/mol. The van der Waals surface area contributed by atoms with Crippen molar-refractivity contribution in [1.82, 2.24) is 4.72 Å². The van der Waals surface area contributed by atoms with Gasteiger partial charge in [0.05, 0.1) is 12.0 Å². The number of hydrogen-bond acceptors (Lipinski definition) is 3. The lowest BCUT2D eigenvalue weighted by Crippen LogP contribution is -2.26. The summed E-state index contributed by atoms with van der Waals surface area (Å²) in [6.45, 7) is 5.89. The number of ether oxygens (including phenoxy) is 1. The first-order chi connectivity index (χ1) is 10.3. The van der Waals surface area contributed by atoms with Crippen LogP contribution < -0.4 is 9.46 Å². The molecule has 2 rings (SSSR count). The minimum Gasteiger partial charge on any atom is -0.497 e. The number of sulfonamides is 1. The van der Waals surface area contributed by atoms with Gasteiger partial charge in [-0.25, -0.2) is 13.1 Å². The van der Waals surface area contributed by atoms with Crippen LogP contribution >= 0.6 is 0 Å². The van der Waals surface area contributed by atoms with Gasteiger partial charge in [-0.05, 0) is 61.7 Å². The van der Waals surface area contributed by atoms with E-state index in [4.69, 9.17) is 4.74 Å². The van der Waals surface area contributed by atoms with Gasteiger partial charge in [0.25, 0.3) is 0 Å². The highest BCUT2D eigenvalue weighted by Gasteiger charge is 2.18. The van der Waals surface area contributed by atoms with Crippen molar-refractivity contribution in [3.63, 3.8) is 0 Å². The van der Waals surface area contributed by atoms with Gasteiger partial charge in [0.15, 0.2) is 0 Å². The third kappa shape index (κ3) is 3.67. The van der Waals surface area contributed by atoms with E-state index in [2.05, 4.69) is 4.72 Å². The quantitative estimate of drug-likeness (QED) is 0.919. The smallest absolute Gasteiger partial charge is 0.241 e. The van der Waals surface area contributed by atoms with Crippen LogP contribution in [0.4, 0.5) is 0 Å². The van der Waals surface area contributed by atoms with Crippen LogP contribution in [0.1, 0.15) is 29.7 Å². The topological polar surface area (TPSA) is 55.4 Å². The molecule has 5 heteroatoms. The van der Waals surface area contributed by atoms with Crippen LogP contribution in [-0.2, 0) is 10.0 Å². The first-order valence-electron chi connectivity index (χ1n) is 7.07. The molecular formula is C17H21NO3S. The van der Waals surface area contributed by atoms with E-state index < -0.39 is 10.0 Å². The zero-order chi connectivity index (χ0) is 16.3. The second-order valence-electron chi connectivity index (χ2n) is 5.36. The van der Waals surface area contributed by atoms with Gasteiger partial charge >= 0.3 is 0 Å². The second kappa shape index (κ2) is 6.50. The van der Waals surface area contributed by atoms with Gasteiger partial charge in [-0.15, -0.1) is 0 Å². The third-order valence-electron chi connectivity index (χ3n) is 3.73. The number of methoxy groups -OCH3 is 1. The number of rotatable bonds is 5. The fourth-order valence-electron chi connectivity index (χ4n) is 2.16. The Bertz CT molecular complexity index is 752. The number of nitrogens with one attached hydrogen (secondary N) is 1. The third-order valence-corrected chi connectivity index (χ3v) is 5.29. The molecule has 0 aliphatic rings. The lowest BCUT2D eigenvalue weighted by Gasteiger charge is -2.16. The minimum absolute atomic E-state index is 0.226. The van der Waals surface area contributed by atoms with E-state index in [1.54, 1.807) is 19.2 Å². The van der Waals surface area contributed by atoms with Crippen LogP contribution in [0.5, 0.6) is 5.75 Å². The maximum Gasteiger partial charge on any atom is 0.241 e. The fourth-order valence-corrected chi connectivity index (χ4v) is 3.39. The molecule has 0 bridgehead atoms. The van der Waals surface area contributed by atoms with E-state index in [-0.39, 0.29) is 10.9 Å². The zero-order valence-electron chi connectivity index (χ0n) is 13.3. The summed E-state index contributed by atoms with van der Waals surface area (Å²) in [7, 11) is -2.02. The number of benzene rings is 2. The minimum atomic E-state index is -3.56. The van der Waals surface area contributed by atoms with E-state index in [1.165, 1.54) is 17.7 Å². The molecule has 0 aromatic heterocycles. The van der Waals surface area contributed by atoms with Crippen molar-refractivity contribution in [2.24, 2.45) is 0 Å². The largest absolute Gasteiger partial charge is 0.497 e. The molecular weight excluding hydrogens is 298 g/mol. The Morgan fingerprint density at radius 2 is 1.64 bits per heavy atom. The van der Waals surface area contributed by atoms with Gasteiger partial charge in [0, 0.05) is 6.04 Å². The van der Waals surface area contributed by atoms with Crippen molar-refractivity contribution in [3.05, 3.63) is 59.2 Å². The summed E-state index contributed by atoms with van der Waals surface area (Å²) < 4.78 is 32.6. The van der Waals surface area contributed by atoms with Gasteiger partial charge < -0.3 is 4.74 Å². The summed E-state index contributed by atoms with van der Waals surface area (Å²) >= 11 is 0. The molecule has 22 heavy (non-hydrogen) atoms. The van der Waals surface area contributed by atoms with Crippen molar-refractivity contribution in [2.45, 2.75) is 31.7 Å². The van der Waals surface area contributed by atoms with Crippen molar-refractivity contribution >= 4 is 10.0 Å². The Kier molecular flexibility index (Phi) is 4.88. The summed E-state index contributed by atoms with van der Waals surface area (Å²) in [6, 6.07) is 12.0. The van der Waals surface area contributed by atoms with Gasteiger partial charge in [-0.1, -0.05) is 18.2 Å². The summed E-state index contributed by atoms with van der Waals surface area (Å²) in [6.07, 6.45) is 0. The highest BCUT2D eigenvalue weighted by Crippen LogP contribution is 2.21. The second-order valence-corrected chi connectivity index (χ2v) is 7.08. The van der Waals surface area contributed by atoms with Gasteiger partial charge in [-0.2, -0.15) is 0 Å². The maximum atomic E-state index is 12.4. The summed E-state index contributed by atoms with van der Waals surface area (Å²) in [5, 5.41) is 0. The summed E-state index contributed by atoms with van der Waals surface area (Å²) in [5.74, 6) is 0.626. The molecule has 0 amide bonds. The van der Waals surface area contributed by atoms with Crippen LogP contribution in [-0.4, -0.2) is 15.5 Å². The molecule has 2 aromatic rings. The van der Waals surface area contributed by atoms with Crippen molar-refractivity contribution in [1.29, 1.82) is 0 Å². The first-order valence-corrected chi connectivity index (χ1v) is 8.55. The first kappa shape index (κ1) is 16.5. The van der Waals surface area contributed by atoms with E-state index in [0.717, 1.165) is 11.1 Å². The molecule has 1 unspecified atom stereocenters. The molecule has 0 radical (unpaired) electrons. The molecule has 0 heterocycles. The molecule has 1 atom stereocenters. The normalized spacial score (nSPS) is 12.9. The lowest BCUT2D eigenvalue weighted by molar-refractivity contribution is 0.414. The molecule has 2 aromatic carbocycles. The number of hydrogen-bond donors (Lipinski definition) is 1. The molecule has 0 aliphatic carbocycles. The zero-order valence-corrected chi connectivity index (χ0v) is 14.1. The lowest BCUT2D eigenvalue weighted by atomic mass is 10.0. The van der Waals surface area contributed by atoms with Crippen molar-refractivity contribution in [2.75, 3.05) is 7.11 Å². The van der Waals surface area contributed by atoms with Crippen molar-refractivity contribution < 1.29 is 13.2 Å². The van der Waals surface area contributed by atoms with Crippen LogP contribution in [0.15, 0.2) is 47.4 Å². The molecule has 0 fully saturated rings. The Hall–Kier alpha value is -1.85. The predicted octanol–water partition coefficient (Wildman–Crippen LogP) is 3.35. The van der Waals surface area contributed by atoms with Gasteiger partial charge in [0.1, 0.15) is 5.75 Å². The number of aryl methyl sites for hydroxylation is 2.